The molecule has 1 aromatic heterocycles. The van der Waals surface area contributed by atoms with E-state index in [1.54, 1.807) is 11.4 Å². The minimum absolute atomic E-state index is 0.0768. The number of nitrogens with one attached hydrogen (secondary N) is 1. The fraction of sp³-hybridized carbons (Fsp3) is 0.294. The van der Waals surface area contributed by atoms with Crippen LogP contribution in [0.4, 0.5) is 0 Å². The van der Waals surface area contributed by atoms with E-state index in [1.165, 1.54) is 0 Å². The zero-order chi connectivity index (χ0) is 16.4. The first kappa shape index (κ1) is 16.0. The number of rotatable bonds is 5. The summed E-state index contributed by atoms with van der Waals surface area (Å²) in [5.74, 6) is -1.41. The summed E-state index contributed by atoms with van der Waals surface area (Å²) >= 11 is 7.14. The molecule has 0 saturated heterocycles. The predicted molar refractivity (Wildman–Crippen MR) is 90.6 cm³/mol. The van der Waals surface area contributed by atoms with E-state index < -0.39 is 5.97 Å². The van der Waals surface area contributed by atoms with Crippen LogP contribution in [0, 0.1) is 0 Å². The summed E-state index contributed by atoms with van der Waals surface area (Å²) in [6.07, 6.45) is 3.09. The number of thiophene rings is 1. The van der Waals surface area contributed by atoms with Gasteiger partial charge in [0.05, 0.1) is 5.56 Å². The molecule has 2 N–H and O–H groups in total. The number of carbonyl (C=O) groups excluding carboxylic acids is 1. The van der Waals surface area contributed by atoms with Gasteiger partial charge >= 0.3 is 5.97 Å². The van der Waals surface area contributed by atoms with Crippen LogP contribution in [-0.4, -0.2) is 23.5 Å². The number of benzene rings is 1. The molecule has 1 aliphatic carbocycles. The first-order valence-corrected chi connectivity index (χ1v) is 8.63. The van der Waals surface area contributed by atoms with Gasteiger partial charge in [0.2, 0.25) is 0 Å². The quantitative estimate of drug-likeness (QED) is 0.858. The van der Waals surface area contributed by atoms with E-state index in [2.05, 4.69) is 5.32 Å². The van der Waals surface area contributed by atoms with Crippen molar-refractivity contribution in [2.45, 2.75) is 24.7 Å². The van der Waals surface area contributed by atoms with Crippen molar-refractivity contribution < 1.29 is 14.7 Å². The average molecular weight is 350 g/mol. The number of halogens is 1. The van der Waals surface area contributed by atoms with Gasteiger partial charge in [-0.2, -0.15) is 0 Å². The van der Waals surface area contributed by atoms with Gasteiger partial charge in [0.15, 0.2) is 0 Å². The maximum Gasteiger partial charge on any atom is 0.346 e. The lowest BCUT2D eigenvalue weighted by molar-refractivity contribution is 0.0696. The monoisotopic (exact) mass is 349 g/mol. The van der Waals surface area contributed by atoms with Crippen LogP contribution < -0.4 is 5.32 Å². The van der Waals surface area contributed by atoms with Gasteiger partial charge in [-0.1, -0.05) is 30.2 Å². The average Bonchev–Trinajstić information content (AvgIpc) is 2.95. The second-order valence-corrected chi connectivity index (χ2v) is 7.15. The van der Waals surface area contributed by atoms with Crippen LogP contribution in [0.25, 0.3) is 0 Å². The number of hydrogen-bond donors (Lipinski definition) is 2. The van der Waals surface area contributed by atoms with Gasteiger partial charge in [-0.15, -0.1) is 11.3 Å². The third-order valence-corrected chi connectivity index (χ3v) is 5.58. The lowest BCUT2D eigenvalue weighted by atomic mass is 9.64. The largest absolute Gasteiger partial charge is 0.477 e. The zero-order valence-electron chi connectivity index (χ0n) is 12.3. The van der Waals surface area contributed by atoms with Crippen molar-refractivity contribution in [2.75, 3.05) is 6.54 Å². The van der Waals surface area contributed by atoms with Crippen molar-refractivity contribution in [1.82, 2.24) is 5.32 Å². The van der Waals surface area contributed by atoms with Crippen LogP contribution in [0.1, 0.15) is 44.9 Å². The van der Waals surface area contributed by atoms with Gasteiger partial charge in [0.25, 0.3) is 5.91 Å². The fourth-order valence-electron chi connectivity index (χ4n) is 2.99. The van der Waals surface area contributed by atoms with Crippen LogP contribution >= 0.6 is 22.9 Å². The Balaban J connectivity index is 1.75. The van der Waals surface area contributed by atoms with E-state index in [0.29, 0.717) is 11.6 Å². The first-order valence-electron chi connectivity index (χ1n) is 7.37. The van der Waals surface area contributed by atoms with Crippen LogP contribution in [0.5, 0.6) is 0 Å². The van der Waals surface area contributed by atoms with Gasteiger partial charge < -0.3 is 10.4 Å². The molecule has 0 atom stereocenters. The van der Waals surface area contributed by atoms with E-state index >= 15 is 0 Å². The van der Waals surface area contributed by atoms with Crippen molar-refractivity contribution in [3.8, 4) is 0 Å². The molecule has 0 aliphatic heterocycles. The molecule has 1 aromatic carbocycles. The Hall–Kier alpha value is -1.85. The highest BCUT2D eigenvalue weighted by molar-refractivity contribution is 7.12. The normalized spacial score (nSPS) is 15.7. The molecule has 1 fully saturated rings. The third kappa shape index (κ3) is 3.12. The number of aromatic carboxylic acids is 1. The molecule has 0 radical (unpaired) electrons. The molecule has 2 aromatic rings. The van der Waals surface area contributed by atoms with Crippen LogP contribution in [0.2, 0.25) is 5.02 Å². The molecule has 0 unspecified atom stereocenters. The SMILES string of the molecule is O=C(NCC1(c2cccc(Cl)c2)CCC1)c1ccsc1C(=O)O. The summed E-state index contributed by atoms with van der Waals surface area (Å²) in [6.45, 7) is 0.487. The second kappa shape index (κ2) is 6.34. The highest BCUT2D eigenvalue weighted by Crippen LogP contribution is 2.43. The van der Waals surface area contributed by atoms with Crippen LogP contribution in [0.15, 0.2) is 35.7 Å². The zero-order valence-corrected chi connectivity index (χ0v) is 13.9. The summed E-state index contributed by atoms with van der Waals surface area (Å²) in [6, 6.07) is 9.28. The Bertz CT molecular complexity index is 752. The highest BCUT2D eigenvalue weighted by Gasteiger charge is 2.39. The molecule has 4 nitrogen and oxygen atoms in total. The molecule has 1 saturated carbocycles. The first-order chi connectivity index (χ1) is 11.0. The van der Waals surface area contributed by atoms with Crippen molar-refractivity contribution in [1.29, 1.82) is 0 Å². The van der Waals surface area contributed by atoms with Gasteiger partial charge in [-0.25, -0.2) is 4.79 Å². The number of amides is 1. The Labute approximate surface area is 143 Å². The molecule has 1 heterocycles. The predicted octanol–water partition coefficient (Wildman–Crippen LogP) is 3.95. The smallest absolute Gasteiger partial charge is 0.346 e. The standard InChI is InChI=1S/C17H16ClNO3S/c18-12-4-1-3-11(9-12)17(6-2-7-17)10-19-15(20)13-5-8-23-14(13)16(21)22/h1,3-5,8-9H,2,6-7,10H2,(H,19,20)(H,21,22). The minimum atomic E-state index is -1.07. The molecule has 1 aliphatic rings. The lowest BCUT2D eigenvalue weighted by Crippen LogP contribution is -2.45. The summed E-state index contributed by atoms with van der Waals surface area (Å²) in [7, 11) is 0. The van der Waals surface area contributed by atoms with Crippen molar-refractivity contribution in [3.63, 3.8) is 0 Å². The Kier molecular flexibility index (Phi) is 4.41. The molecular weight excluding hydrogens is 334 g/mol. The van der Waals surface area contributed by atoms with Gasteiger partial charge in [0, 0.05) is 17.0 Å². The lowest BCUT2D eigenvalue weighted by Gasteiger charge is -2.42. The molecule has 23 heavy (non-hydrogen) atoms. The van der Waals surface area contributed by atoms with E-state index in [9.17, 15) is 9.59 Å². The molecule has 0 spiro atoms. The van der Waals surface area contributed by atoms with Gasteiger partial charge in [-0.3, -0.25) is 4.79 Å². The summed E-state index contributed by atoms with van der Waals surface area (Å²) in [5, 5.41) is 14.3. The Morgan fingerprint density at radius 1 is 1.30 bits per heavy atom. The van der Waals surface area contributed by atoms with Crippen molar-refractivity contribution in [3.05, 3.63) is 56.7 Å². The molecule has 1 amide bonds. The summed E-state index contributed by atoms with van der Waals surface area (Å²) < 4.78 is 0. The second-order valence-electron chi connectivity index (χ2n) is 5.80. The maximum absolute atomic E-state index is 12.3. The molecule has 120 valence electrons. The summed E-state index contributed by atoms with van der Waals surface area (Å²) in [4.78, 5) is 23.5. The highest BCUT2D eigenvalue weighted by atomic mass is 35.5. The van der Waals surface area contributed by atoms with Gasteiger partial charge in [-0.05, 0) is 42.0 Å². The molecule has 0 bridgehead atoms. The number of hydrogen-bond acceptors (Lipinski definition) is 3. The number of carboxylic acid groups (broad SMARTS) is 1. The molecular formula is C17H16ClNO3S. The summed E-state index contributed by atoms with van der Waals surface area (Å²) in [5.41, 5.74) is 1.25. The van der Waals surface area contributed by atoms with E-state index in [1.807, 2.05) is 24.3 Å². The third-order valence-electron chi connectivity index (χ3n) is 4.44. The Morgan fingerprint density at radius 2 is 2.09 bits per heavy atom. The maximum atomic E-state index is 12.3. The molecule has 6 heteroatoms. The fourth-order valence-corrected chi connectivity index (χ4v) is 3.91. The topological polar surface area (TPSA) is 66.4 Å². The van der Waals surface area contributed by atoms with Crippen LogP contribution in [-0.2, 0) is 5.41 Å². The van der Waals surface area contributed by atoms with Crippen LogP contribution in [0.3, 0.4) is 0 Å². The Morgan fingerprint density at radius 3 is 2.70 bits per heavy atom. The van der Waals surface area contributed by atoms with E-state index in [0.717, 1.165) is 36.2 Å². The van der Waals surface area contributed by atoms with Gasteiger partial charge in [0.1, 0.15) is 4.88 Å². The minimum Gasteiger partial charge on any atom is -0.477 e. The van der Waals surface area contributed by atoms with Crippen molar-refractivity contribution >= 4 is 34.8 Å². The number of carboxylic acids is 1. The number of carbonyl (C=O) groups is 2. The van der Waals surface area contributed by atoms with E-state index in [-0.39, 0.29) is 21.8 Å². The van der Waals surface area contributed by atoms with Crippen molar-refractivity contribution in [2.24, 2.45) is 0 Å². The van der Waals surface area contributed by atoms with E-state index in [4.69, 9.17) is 16.7 Å². The molecule has 3 rings (SSSR count).